The van der Waals surface area contributed by atoms with Crippen molar-refractivity contribution in [3.63, 3.8) is 0 Å². The van der Waals surface area contributed by atoms with Gasteiger partial charge in [0.2, 0.25) is 0 Å². The SMILES string of the molecule is COC(=O)[C@@H](C)OC(=O)C(C)C.COC(=O)[C@H](C)OC(=O)C(C)C.C[C@@H]1OC(=O)[C@H](C)OC1=O.C[C@H]1OC(=O)[C@@H](C)OC1=O. The van der Waals surface area contributed by atoms with Gasteiger partial charge in [0.05, 0.1) is 26.1 Å². The van der Waals surface area contributed by atoms with E-state index in [9.17, 15) is 38.4 Å². The normalized spacial score (nSPS) is 21.8. The van der Waals surface area contributed by atoms with E-state index in [1.54, 1.807) is 27.7 Å². The van der Waals surface area contributed by atoms with Gasteiger partial charge in [-0.3, -0.25) is 9.59 Å². The van der Waals surface area contributed by atoms with Crippen LogP contribution in [0.1, 0.15) is 69.2 Å². The van der Waals surface area contributed by atoms with Crippen molar-refractivity contribution < 1.29 is 76.3 Å². The number of carbonyl (C=O) groups excluding carboxylic acids is 8. The minimum Gasteiger partial charge on any atom is -0.466 e. The highest BCUT2D eigenvalue weighted by Crippen LogP contribution is 2.09. The molecule has 0 radical (unpaired) electrons. The number of cyclic esters (lactones) is 4. The summed E-state index contributed by atoms with van der Waals surface area (Å²) in [7, 11) is 2.50. The van der Waals surface area contributed by atoms with E-state index in [0.717, 1.165) is 0 Å². The fourth-order valence-electron chi connectivity index (χ4n) is 2.32. The molecule has 0 aromatic heterocycles. The maximum atomic E-state index is 10.9. The predicted octanol–water partition coefficient (Wildman–Crippen LogP) is 1.22. The first-order valence-corrected chi connectivity index (χ1v) is 13.6. The molecule has 2 aliphatic heterocycles. The molecular formula is C28H44O16. The first-order chi connectivity index (χ1) is 20.2. The van der Waals surface area contributed by atoms with Crippen molar-refractivity contribution in [2.24, 2.45) is 11.8 Å². The number of carbonyl (C=O) groups is 8. The third-order valence-electron chi connectivity index (χ3n) is 5.09. The Hall–Kier alpha value is -4.24. The van der Waals surface area contributed by atoms with E-state index >= 15 is 0 Å². The van der Waals surface area contributed by atoms with Gasteiger partial charge in [-0.05, 0) is 41.5 Å². The van der Waals surface area contributed by atoms with Crippen molar-refractivity contribution in [2.45, 2.75) is 106 Å². The first kappa shape index (κ1) is 41.9. The maximum absolute atomic E-state index is 10.9. The Bertz CT molecular complexity index is 897. The van der Waals surface area contributed by atoms with Gasteiger partial charge in [0.1, 0.15) is 0 Å². The molecule has 2 rings (SSSR count). The van der Waals surface area contributed by atoms with Crippen molar-refractivity contribution in [1.82, 2.24) is 0 Å². The number of hydrogen-bond donors (Lipinski definition) is 0. The fourth-order valence-corrected chi connectivity index (χ4v) is 2.32. The van der Waals surface area contributed by atoms with Crippen LogP contribution in [0, 0.1) is 11.8 Å². The fraction of sp³-hybridized carbons (Fsp3) is 0.714. The highest BCUT2D eigenvalue weighted by atomic mass is 16.7. The van der Waals surface area contributed by atoms with Gasteiger partial charge in [-0.2, -0.15) is 0 Å². The van der Waals surface area contributed by atoms with Crippen LogP contribution in [0.15, 0.2) is 0 Å². The van der Waals surface area contributed by atoms with E-state index in [1.165, 1.54) is 55.8 Å². The maximum Gasteiger partial charge on any atom is 0.347 e. The minimum absolute atomic E-state index is 0.225. The molecule has 0 aliphatic carbocycles. The molecule has 0 unspecified atom stereocenters. The summed E-state index contributed by atoms with van der Waals surface area (Å²) in [5.41, 5.74) is 0. The largest absolute Gasteiger partial charge is 0.466 e. The molecule has 0 bridgehead atoms. The Labute approximate surface area is 256 Å². The van der Waals surface area contributed by atoms with Crippen LogP contribution in [0.5, 0.6) is 0 Å². The summed E-state index contributed by atoms with van der Waals surface area (Å²) < 4.78 is 36.6. The quantitative estimate of drug-likeness (QED) is 0.296. The van der Waals surface area contributed by atoms with Crippen LogP contribution >= 0.6 is 0 Å². The summed E-state index contributed by atoms with van der Waals surface area (Å²) in [6.07, 6.45) is -4.62. The standard InChI is InChI=1S/2C8H14O4.2C6H8O4/c2*1-5(2)7(9)12-6(3)8(10)11-4;2*1-3-5(7)10-4(2)6(8)9-3/h2*5-6H,1-4H3;2*3-4H,1-2H3/t2*6-;2*3-,4-/m1010/s1. The number of rotatable bonds is 6. The molecule has 44 heavy (non-hydrogen) atoms. The Morgan fingerprint density at radius 2 is 0.682 bits per heavy atom. The van der Waals surface area contributed by atoms with Gasteiger partial charge >= 0.3 is 47.8 Å². The van der Waals surface area contributed by atoms with Crippen molar-refractivity contribution >= 4 is 47.8 Å². The zero-order valence-electron chi connectivity index (χ0n) is 27.2. The van der Waals surface area contributed by atoms with Gasteiger partial charge in [-0.15, -0.1) is 0 Å². The van der Waals surface area contributed by atoms with Gasteiger partial charge < -0.3 is 37.9 Å². The highest BCUT2D eigenvalue weighted by Gasteiger charge is 2.33. The zero-order valence-corrected chi connectivity index (χ0v) is 27.2. The topological polar surface area (TPSA) is 210 Å². The van der Waals surface area contributed by atoms with Crippen molar-refractivity contribution in [3.8, 4) is 0 Å². The number of methoxy groups -OCH3 is 2. The third-order valence-corrected chi connectivity index (χ3v) is 5.09. The zero-order chi connectivity index (χ0) is 34.9. The average Bonchev–Trinajstić information content (AvgIpc) is 2.95. The lowest BCUT2D eigenvalue weighted by Crippen LogP contribution is -2.40. The molecule has 0 aromatic rings. The summed E-state index contributed by atoms with van der Waals surface area (Å²) in [5.74, 6) is -4.23. The third kappa shape index (κ3) is 16.4. The van der Waals surface area contributed by atoms with Crippen LogP contribution < -0.4 is 0 Å². The second kappa shape index (κ2) is 20.6. The highest BCUT2D eigenvalue weighted by molar-refractivity contribution is 5.87. The molecule has 16 nitrogen and oxygen atoms in total. The molecule has 0 N–H and O–H groups in total. The van der Waals surface area contributed by atoms with Crippen molar-refractivity contribution in [1.29, 1.82) is 0 Å². The van der Waals surface area contributed by atoms with Crippen LogP contribution in [0.25, 0.3) is 0 Å². The number of ether oxygens (including phenoxy) is 8. The van der Waals surface area contributed by atoms with E-state index in [4.69, 9.17) is 9.47 Å². The number of esters is 8. The smallest absolute Gasteiger partial charge is 0.347 e. The lowest BCUT2D eigenvalue weighted by molar-refractivity contribution is -0.191. The summed E-state index contributed by atoms with van der Waals surface area (Å²) >= 11 is 0. The minimum atomic E-state index is -0.815. The van der Waals surface area contributed by atoms with Gasteiger partial charge in [0.25, 0.3) is 0 Å². The first-order valence-electron chi connectivity index (χ1n) is 13.6. The van der Waals surface area contributed by atoms with Crippen molar-refractivity contribution in [3.05, 3.63) is 0 Å². The summed E-state index contributed by atoms with van der Waals surface area (Å²) in [5, 5.41) is 0. The molecule has 0 amide bonds. The van der Waals surface area contributed by atoms with Gasteiger partial charge in [0, 0.05) is 0 Å². The van der Waals surface area contributed by atoms with E-state index in [0.29, 0.717) is 0 Å². The molecule has 2 fully saturated rings. The van der Waals surface area contributed by atoms with Crippen LogP contribution in [0.2, 0.25) is 0 Å². The monoisotopic (exact) mass is 636 g/mol. The molecule has 2 aliphatic rings. The lowest BCUT2D eigenvalue weighted by Gasteiger charge is -2.22. The molecule has 2 heterocycles. The van der Waals surface area contributed by atoms with Gasteiger partial charge in [0.15, 0.2) is 36.6 Å². The molecule has 2 saturated heterocycles. The Morgan fingerprint density at radius 1 is 0.477 bits per heavy atom. The molecule has 0 spiro atoms. The van der Waals surface area contributed by atoms with E-state index in [1.807, 2.05) is 0 Å². The molecule has 16 heteroatoms. The molecule has 0 aromatic carbocycles. The molecular weight excluding hydrogens is 592 g/mol. The molecule has 6 atom stereocenters. The lowest BCUT2D eigenvalue weighted by atomic mass is 10.2. The summed E-state index contributed by atoms with van der Waals surface area (Å²) in [6.45, 7) is 15.7. The Balaban J connectivity index is 0. The van der Waals surface area contributed by atoms with Gasteiger partial charge in [-0.1, -0.05) is 27.7 Å². The molecule has 252 valence electrons. The summed E-state index contributed by atoms with van der Waals surface area (Å²) in [4.78, 5) is 86.0. The predicted molar refractivity (Wildman–Crippen MR) is 147 cm³/mol. The van der Waals surface area contributed by atoms with Crippen LogP contribution in [-0.4, -0.2) is 98.6 Å². The van der Waals surface area contributed by atoms with Crippen LogP contribution in [0.3, 0.4) is 0 Å². The van der Waals surface area contributed by atoms with E-state index in [2.05, 4.69) is 28.4 Å². The molecule has 0 saturated carbocycles. The summed E-state index contributed by atoms with van der Waals surface area (Å²) in [6, 6.07) is 0. The van der Waals surface area contributed by atoms with Crippen LogP contribution in [0.4, 0.5) is 0 Å². The van der Waals surface area contributed by atoms with E-state index in [-0.39, 0.29) is 11.8 Å². The second-order valence-corrected chi connectivity index (χ2v) is 9.83. The van der Waals surface area contributed by atoms with E-state index < -0.39 is 84.4 Å². The average molecular weight is 637 g/mol. The Kier molecular flexibility index (Phi) is 19.6. The Morgan fingerprint density at radius 3 is 0.841 bits per heavy atom. The second-order valence-electron chi connectivity index (χ2n) is 9.83. The van der Waals surface area contributed by atoms with Crippen LogP contribution in [-0.2, 0) is 76.3 Å². The van der Waals surface area contributed by atoms with Gasteiger partial charge in [-0.25, -0.2) is 28.8 Å². The number of hydrogen-bond acceptors (Lipinski definition) is 16. The van der Waals surface area contributed by atoms with Crippen molar-refractivity contribution in [2.75, 3.05) is 14.2 Å².